The summed E-state index contributed by atoms with van der Waals surface area (Å²) in [7, 11) is 4.31. The predicted molar refractivity (Wildman–Crippen MR) is 76.3 cm³/mol. The summed E-state index contributed by atoms with van der Waals surface area (Å²) in [5.41, 5.74) is -0.0623. The van der Waals surface area contributed by atoms with Gasteiger partial charge in [-0.25, -0.2) is 13.2 Å². The Morgan fingerprint density at radius 3 is 1.68 bits per heavy atom. The molecule has 118 valence electrons. The first kappa shape index (κ1) is 16.0. The van der Waals surface area contributed by atoms with Gasteiger partial charge in [0.05, 0.1) is 32.5 Å². The maximum absolute atomic E-state index is 13.8. The van der Waals surface area contributed by atoms with Crippen LogP contribution in [0.3, 0.4) is 0 Å². The van der Waals surface area contributed by atoms with Crippen LogP contribution < -0.4 is 14.2 Å². The van der Waals surface area contributed by atoms with Crippen LogP contribution in [0.1, 0.15) is 5.56 Å². The fraction of sp³-hybridized carbons (Fsp3) is 0.250. The number of benzene rings is 2. The number of hydrogen-bond acceptors (Lipinski definition) is 3. The molecule has 2 rings (SSSR count). The van der Waals surface area contributed by atoms with Gasteiger partial charge in [-0.05, 0) is 17.7 Å². The Kier molecular flexibility index (Phi) is 4.80. The zero-order chi connectivity index (χ0) is 16.3. The molecule has 0 aliphatic rings. The van der Waals surface area contributed by atoms with Gasteiger partial charge in [-0.1, -0.05) is 0 Å². The third-order valence-electron chi connectivity index (χ3n) is 3.28. The summed E-state index contributed by atoms with van der Waals surface area (Å²) in [5, 5.41) is 0. The molecule has 6 heteroatoms. The summed E-state index contributed by atoms with van der Waals surface area (Å²) in [6.07, 6.45) is 0. The lowest BCUT2D eigenvalue weighted by Crippen LogP contribution is -1.98. The Labute approximate surface area is 126 Å². The molecule has 0 bridgehead atoms. The van der Waals surface area contributed by atoms with Crippen molar-refractivity contribution in [2.75, 3.05) is 21.3 Å². The van der Waals surface area contributed by atoms with Crippen LogP contribution in [-0.4, -0.2) is 21.3 Å². The number of rotatable bonds is 5. The van der Waals surface area contributed by atoms with E-state index in [1.165, 1.54) is 21.3 Å². The molecule has 0 aliphatic carbocycles. The van der Waals surface area contributed by atoms with E-state index in [2.05, 4.69) is 0 Å². The Balaban J connectivity index is 2.71. The molecule has 0 fully saturated rings. The van der Waals surface area contributed by atoms with Crippen molar-refractivity contribution in [2.45, 2.75) is 6.67 Å². The molecule has 0 atom stereocenters. The van der Waals surface area contributed by atoms with Crippen molar-refractivity contribution in [3.05, 3.63) is 41.5 Å². The normalized spacial score (nSPS) is 10.5. The molecular formula is C16H15F3O3. The quantitative estimate of drug-likeness (QED) is 0.831. The van der Waals surface area contributed by atoms with E-state index in [-0.39, 0.29) is 5.56 Å². The molecule has 0 spiro atoms. The fourth-order valence-electron chi connectivity index (χ4n) is 2.17. The van der Waals surface area contributed by atoms with Gasteiger partial charge in [-0.3, -0.25) is 0 Å². The second-order valence-corrected chi connectivity index (χ2v) is 4.46. The summed E-state index contributed by atoms with van der Waals surface area (Å²) >= 11 is 0. The average Bonchev–Trinajstić information content (AvgIpc) is 2.52. The lowest BCUT2D eigenvalue weighted by molar-refractivity contribution is 0.377. The van der Waals surface area contributed by atoms with Crippen LogP contribution in [-0.2, 0) is 6.67 Å². The predicted octanol–water partition coefficient (Wildman–Crippen LogP) is 4.13. The molecule has 0 saturated heterocycles. The third-order valence-corrected chi connectivity index (χ3v) is 3.28. The topological polar surface area (TPSA) is 27.7 Å². The van der Waals surface area contributed by atoms with E-state index in [0.717, 1.165) is 12.1 Å². The van der Waals surface area contributed by atoms with Gasteiger partial charge in [-0.15, -0.1) is 0 Å². The molecule has 0 aromatic heterocycles. The van der Waals surface area contributed by atoms with Gasteiger partial charge in [0, 0.05) is 12.1 Å². The van der Waals surface area contributed by atoms with Gasteiger partial charge in [0.2, 0.25) is 0 Å². The largest absolute Gasteiger partial charge is 0.496 e. The van der Waals surface area contributed by atoms with Gasteiger partial charge in [-0.2, -0.15) is 0 Å². The van der Waals surface area contributed by atoms with Gasteiger partial charge < -0.3 is 14.2 Å². The lowest BCUT2D eigenvalue weighted by Gasteiger charge is -2.16. The van der Waals surface area contributed by atoms with Crippen LogP contribution in [0.5, 0.6) is 17.2 Å². The van der Waals surface area contributed by atoms with E-state index in [4.69, 9.17) is 14.2 Å². The Hall–Kier alpha value is -2.37. The van der Waals surface area contributed by atoms with Crippen LogP contribution in [0.25, 0.3) is 11.1 Å². The highest BCUT2D eigenvalue weighted by Gasteiger charge is 2.19. The zero-order valence-corrected chi connectivity index (χ0v) is 12.4. The van der Waals surface area contributed by atoms with E-state index >= 15 is 0 Å². The summed E-state index contributed by atoms with van der Waals surface area (Å²) < 4.78 is 55.9. The molecule has 2 aromatic rings. The van der Waals surface area contributed by atoms with Gasteiger partial charge in [0.15, 0.2) is 0 Å². The summed E-state index contributed by atoms with van der Waals surface area (Å²) in [6, 6.07) is 5.23. The molecule has 3 nitrogen and oxygen atoms in total. The average molecular weight is 312 g/mol. The van der Waals surface area contributed by atoms with Crippen LogP contribution in [0.15, 0.2) is 24.3 Å². The number of ether oxygens (including phenoxy) is 3. The summed E-state index contributed by atoms with van der Waals surface area (Å²) in [4.78, 5) is 0. The third kappa shape index (κ3) is 2.81. The lowest BCUT2D eigenvalue weighted by atomic mass is 10.0. The van der Waals surface area contributed by atoms with Gasteiger partial charge in [0.25, 0.3) is 0 Å². The van der Waals surface area contributed by atoms with Crippen LogP contribution in [0.2, 0.25) is 0 Å². The Morgan fingerprint density at radius 2 is 1.32 bits per heavy atom. The molecule has 2 aromatic carbocycles. The fourth-order valence-corrected chi connectivity index (χ4v) is 2.17. The van der Waals surface area contributed by atoms with Crippen molar-refractivity contribution < 1.29 is 27.4 Å². The molecule has 0 N–H and O–H groups in total. The Morgan fingerprint density at radius 1 is 0.818 bits per heavy atom. The molecule has 0 saturated carbocycles. The summed E-state index contributed by atoms with van der Waals surface area (Å²) in [5.74, 6) is -0.806. The highest BCUT2D eigenvalue weighted by Crippen LogP contribution is 2.42. The van der Waals surface area contributed by atoms with Crippen molar-refractivity contribution in [1.29, 1.82) is 0 Å². The first-order chi connectivity index (χ1) is 10.5. The second-order valence-electron chi connectivity index (χ2n) is 4.46. The highest BCUT2D eigenvalue weighted by molar-refractivity contribution is 5.78. The van der Waals surface area contributed by atoms with E-state index < -0.39 is 23.9 Å². The minimum atomic E-state index is -1.21. The molecule has 0 radical (unpaired) electrons. The van der Waals surface area contributed by atoms with Crippen molar-refractivity contribution in [3.63, 3.8) is 0 Å². The van der Waals surface area contributed by atoms with E-state index in [9.17, 15) is 13.2 Å². The smallest absolute Gasteiger partial charge is 0.134 e. The SMILES string of the molecule is COc1cc(OC)c(-c2cc(F)c(CF)c(F)c2)c(OC)c1. The maximum Gasteiger partial charge on any atom is 0.134 e. The first-order valence-electron chi connectivity index (χ1n) is 6.40. The van der Waals surface area contributed by atoms with Crippen molar-refractivity contribution >= 4 is 0 Å². The second kappa shape index (κ2) is 6.60. The number of alkyl halides is 1. The molecule has 22 heavy (non-hydrogen) atoms. The number of methoxy groups -OCH3 is 3. The highest BCUT2D eigenvalue weighted by atomic mass is 19.1. The summed E-state index contributed by atoms with van der Waals surface area (Å²) in [6.45, 7) is -1.21. The molecule has 0 aliphatic heterocycles. The minimum absolute atomic E-state index is 0.184. The monoisotopic (exact) mass is 312 g/mol. The van der Waals surface area contributed by atoms with E-state index in [0.29, 0.717) is 22.8 Å². The molecule has 0 heterocycles. The van der Waals surface area contributed by atoms with Crippen molar-refractivity contribution in [2.24, 2.45) is 0 Å². The van der Waals surface area contributed by atoms with Crippen LogP contribution in [0.4, 0.5) is 13.2 Å². The number of halogens is 3. The minimum Gasteiger partial charge on any atom is -0.496 e. The first-order valence-corrected chi connectivity index (χ1v) is 6.40. The zero-order valence-electron chi connectivity index (χ0n) is 12.4. The molecule has 0 unspecified atom stereocenters. The van der Waals surface area contributed by atoms with Gasteiger partial charge in [0.1, 0.15) is 35.6 Å². The number of hydrogen-bond donors (Lipinski definition) is 0. The standard InChI is InChI=1S/C16H15F3O3/c1-20-10-6-14(21-2)16(15(7-10)22-3)9-4-12(18)11(8-17)13(19)5-9/h4-7H,8H2,1-3H3. The molecule has 0 amide bonds. The molecular weight excluding hydrogens is 297 g/mol. The van der Waals surface area contributed by atoms with Crippen LogP contribution >= 0.6 is 0 Å². The van der Waals surface area contributed by atoms with E-state index in [1.54, 1.807) is 12.1 Å². The maximum atomic E-state index is 13.8. The Bertz CT molecular complexity index is 638. The van der Waals surface area contributed by atoms with Gasteiger partial charge >= 0.3 is 0 Å². The van der Waals surface area contributed by atoms with Crippen LogP contribution in [0, 0.1) is 11.6 Å². The van der Waals surface area contributed by atoms with Crippen molar-refractivity contribution in [3.8, 4) is 28.4 Å². The van der Waals surface area contributed by atoms with E-state index in [1.807, 2.05) is 0 Å². The van der Waals surface area contributed by atoms with Crippen molar-refractivity contribution in [1.82, 2.24) is 0 Å².